The van der Waals surface area contributed by atoms with Crippen molar-refractivity contribution in [2.75, 3.05) is 18.6 Å². The van der Waals surface area contributed by atoms with Gasteiger partial charge in [0, 0.05) is 20.0 Å². The van der Waals surface area contributed by atoms with Gasteiger partial charge in [0.15, 0.2) is 6.23 Å². The molecule has 11 heteroatoms. The molecule has 0 aliphatic carbocycles. The van der Waals surface area contributed by atoms with E-state index in [-0.39, 0.29) is 31.5 Å². The van der Waals surface area contributed by atoms with Gasteiger partial charge in [-0.25, -0.2) is 4.98 Å². The van der Waals surface area contributed by atoms with E-state index in [0.717, 1.165) is 10.6 Å². The average molecular weight is 458 g/mol. The van der Waals surface area contributed by atoms with Crippen LogP contribution in [0.3, 0.4) is 0 Å². The third kappa shape index (κ3) is 5.70. The van der Waals surface area contributed by atoms with Crippen molar-refractivity contribution in [2.24, 2.45) is 0 Å². The van der Waals surface area contributed by atoms with E-state index in [4.69, 9.17) is 4.74 Å². The molecule has 0 unspecified atom stereocenters. The van der Waals surface area contributed by atoms with Gasteiger partial charge in [0.2, 0.25) is 0 Å². The lowest BCUT2D eigenvalue weighted by atomic mass is 10.1. The van der Waals surface area contributed by atoms with Crippen molar-refractivity contribution in [3.8, 4) is 0 Å². The summed E-state index contributed by atoms with van der Waals surface area (Å²) in [5.41, 5.74) is 1.38. The molecule has 32 heavy (non-hydrogen) atoms. The number of aromatic nitrogens is 2. The summed E-state index contributed by atoms with van der Waals surface area (Å²) in [6.45, 7) is 2.77. The molecule has 2 aromatic heterocycles. The van der Waals surface area contributed by atoms with E-state index < -0.39 is 12.1 Å². The number of fused-ring (bicyclic) bond motifs is 1. The highest BCUT2D eigenvalue weighted by molar-refractivity contribution is 7.17. The number of carbonyl (C=O) groups is 3. The zero-order valence-corrected chi connectivity index (χ0v) is 18.3. The van der Waals surface area contributed by atoms with Crippen molar-refractivity contribution in [3.63, 3.8) is 0 Å². The maximum Gasteiger partial charge on any atom is 0.295 e. The number of hydrogen-bond donors (Lipinski definition) is 2. The van der Waals surface area contributed by atoms with E-state index in [9.17, 15) is 19.2 Å². The number of benzene rings is 1. The van der Waals surface area contributed by atoms with Crippen molar-refractivity contribution in [3.05, 3.63) is 57.0 Å². The molecular formula is C21H22N4O6S. The number of nitrogens with one attached hydrogen (secondary N) is 2. The Balaban J connectivity index is 1.67. The molecule has 0 aliphatic rings. The van der Waals surface area contributed by atoms with Crippen LogP contribution in [0.15, 0.2) is 35.1 Å². The van der Waals surface area contributed by atoms with Gasteiger partial charge in [-0.3, -0.25) is 19.2 Å². The first-order valence-corrected chi connectivity index (χ1v) is 10.5. The minimum atomic E-state index is -0.906. The summed E-state index contributed by atoms with van der Waals surface area (Å²) in [6, 6.07) is 9.01. The molecule has 168 valence electrons. The molecular weight excluding hydrogens is 436 g/mol. The van der Waals surface area contributed by atoms with Crippen LogP contribution in [0.25, 0.3) is 10.9 Å². The zero-order valence-electron chi connectivity index (χ0n) is 17.5. The molecule has 10 nitrogen and oxygen atoms in total. The maximum absolute atomic E-state index is 12.5. The van der Waals surface area contributed by atoms with Crippen molar-refractivity contribution < 1.29 is 23.9 Å². The molecule has 2 N–H and O–H groups in total. The number of ether oxygens (including phenoxy) is 2. The van der Waals surface area contributed by atoms with Crippen LogP contribution in [0.2, 0.25) is 0 Å². The van der Waals surface area contributed by atoms with Crippen LogP contribution in [0.4, 0.5) is 5.00 Å². The molecule has 0 saturated heterocycles. The normalized spacial score (nSPS) is 11.6. The first-order chi connectivity index (χ1) is 15.4. The molecule has 1 aromatic carbocycles. The summed E-state index contributed by atoms with van der Waals surface area (Å²) < 4.78 is 9.39. The Bertz CT molecular complexity index is 1170. The fourth-order valence-corrected chi connectivity index (χ4v) is 3.96. The van der Waals surface area contributed by atoms with Gasteiger partial charge < -0.3 is 24.7 Å². The van der Waals surface area contributed by atoms with E-state index >= 15 is 0 Å². The molecule has 1 atom stereocenters. The molecule has 3 aromatic rings. The van der Waals surface area contributed by atoms with Crippen LogP contribution < -0.4 is 15.8 Å². The predicted molar refractivity (Wildman–Crippen MR) is 119 cm³/mol. The fourth-order valence-electron chi connectivity index (χ4n) is 3.09. The summed E-state index contributed by atoms with van der Waals surface area (Å²) in [4.78, 5) is 55.0. The van der Waals surface area contributed by atoms with Gasteiger partial charge in [0.25, 0.3) is 24.4 Å². The summed E-state index contributed by atoms with van der Waals surface area (Å²) in [6.07, 6.45) is -0.771. The number of hydrogen-bond acceptors (Lipinski definition) is 9. The number of thiophene rings is 1. The van der Waals surface area contributed by atoms with E-state index in [1.807, 2.05) is 30.1 Å². The lowest BCUT2D eigenvalue weighted by Crippen LogP contribution is -2.37. The Morgan fingerprint density at radius 1 is 1.28 bits per heavy atom. The molecule has 0 aliphatic heterocycles. The Kier molecular flexibility index (Phi) is 7.55. The van der Waals surface area contributed by atoms with Gasteiger partial charge in [-0.2, -0.15) is 0 Å². The molecule has 3 rings (SSSR count). The van der Waals surface area contributed by atoms with Crippen molar-refractivity contribution in [1.29, 1.82) is 0 Å². The molecule has 0 bridgehead atoms. The molecule has 0 fully saturated rings. The predicted octanol–water partition coefficient (Wildman–Crippen LogP) is 1.72. The highest BCUT2D eigenvalue weighted by Crippen LogP contribution is 2.27. The topological polar surface area (TPSA) is 131 Å². The summed E-state index contributed by atoms with van der Waals surface area (Å²) >= 11 is 1.27. The van der Waals surface area contributed by atoms with Crippen LogP contribution in [-0.2, 0) is 25.6 Å². The van der Waals surface area contributed by atoms with Gasteiger partial charge in [-0.05, 0) is 36.8 Å². The van der Waals surface area contributed by atoms with Crippen molar-refractivity contribution in [2.45, 2.75) is 26.1 Å². The van der Waals surface area contributed by atoms with Gasteiger partial charge in [0.05, 0.1) is 27.4 Å². The van der Waals surface area contributed by atoms with Gasteiger partial charge in [-0.1, -0.05) is 6.07 Å². The van der Waals surface area contributed by atoms with Gasteiger partial charge >= 0.3 is 0 Å². The number of aromatic amines is 1. The van der Waals surface area contributed by atoms with Crippen LogP contribution in [0, 0.1) is 6.92 Å². The van der Waals surface area contributed by atoms with E-state index in [0.29, 0.717) is 28.1 Å². The molecule has 1 amide bonds. The smallest absolute Gasteiger partial charge is 0.295 e. The largest absolute Gasteiger partial charge is 0.468 e. The second kappa shape index (κ2) is 10.5. The Labute approximate surface area is 187 Å². The maximum atomic E-state index is 12.5. The standard InChI is InChI=1S/C21H22N4O6S/c1-13-22-16-4-3-14(9-15(16)20(28)23-13)10-25(2)19-6-5-17(32-19)21(29)24-18(31-12-27)7-8-30-11-26/h3-6,9,11-12,18H,7-8,10H2,1-2H3,(H,24,29)(H,22,23,28)/t18-/m1/s1. The number of carbonyl (C=O) groups excluding carboxylic acids is 3. The third-order valence-corrected chi connectivity index (χ3v) is 5.78. The number of amides is 1. The lowest BCUT2D eigenvalue weighted by Gasteiger charge is -2.17. The Hall–Kier alpha value is -3.73. The molecule has 0 radical (unpaired) electrons. The molecule has 2 heterocycles. The lowest BCUT2D eigenvalue weighted by molar-refractivity contribution is -0.136. The second-order valence-corrected chi connectivity index (χ2v) is 8.01. The Morgan fingerprint density at radius 2 is 2.09 bits per heavy atom. The Morgan fingerprint density at radius 3 is 2.84 bits per heavy atom. The van der Waals surface area contributed by atoms with Crippen LogP contribution >= 0.6 is 11.3 Å². The molecule has 0 saturated carbocycles. The van der Waals surface area contributed by atoms with Gasteiger partial charge in [0.1, 0.15) is 5.82 Å². The SMILES string of the molecule is Cc1nc2ccc(CN(C)c3ccc(C(=O)N[C@@H](CCOC=O)OC=O)s3)cc2c(=O)[nH]1. The van der Waals surface area contributed by atoms with Crippen LogP contribution in [-0.4, -0.2) is 48.7 Å². The van der Waals surface area contributed by atoms with Crippen LogP contribution in [0.5, 0.6) is 0 Å². The minimum Gasteiger partial charge on any atom is -0.468 e. The third-order valence-electron chi connectivity index (χ3n) is 4.58. The average Bonchev–Trinajstić information content (AvgIpc) is 3.25. The quantitative estimate of drug-likeness (QED) is 0.252. The first-order valence-electron chi connectivity index (χ1n) is 9.67. The van der Waals surface area contributed by atoms with E-state index in [1.165, 1.54) is 11.3 Å². The van der Waals surface area contributed by atoms with Crippen molar-refractivity contribution in [1.82, 2.24) is 15.3 Å². The number of nitrogens with zero attached hydrogens (tertiary/aromatic N) is 2. The number of anilines is 1. The van der Waals surface area contributed by atoms with E-state index in [1.54, 1.807) is 19.1 Å². The highest BCUT2D eigenvalue weighted by atomic mass is 32.1. The minimum absolute atomic E-state index is 0.00436. The monoisotopic (exact) mass is 458 g/mol. The molecule has 0 spiro atoms. The summed E-state index contributed by atoms with van der Waals surface area (Å²) in [5.74, 6) is 0.153. The van der Waals surface area contributed by atoms with Crippen LogP contribution in [0.1, 0.15) is 27.5 Å². The highest BCUT2D eigenvalue weighted by Gasteiger charge is 2.17. The summed E-state index contributed by atoms with van der Waals surface area (Å²) in [5, 5.41) is 3.94. The van der Waals surface area contributed by atoms with Gasteiger partial charge in [-0.15, -0.1) is 11.3 Å². The first kappa shape index (κ1) is 22.9. The number of rotatable bonds is 11. The summed E-state index contributed by atoms with van der Waals surface area (Å²) in [7, 11) is 1.88. The zero-order chi connectivity index (χ0) is 23.1. The second-order valence-electron chi connectivity index (χ2n) is 6.95. The number of H-pyrrole nitrogens is 1. The fraction of sp³-hybridized carbons (Fsp3) is 0.286. The van der Waals surface area contributed by atoms with Crippen molar-refractivity contribution >= 4 is 46.1 Å². The van der Waals surface area contributed by atoms with E-state index in [2.05, 4.69) is 20.0 Å². The number of aryl methyl sites for hydroxylation is 1.